The van der Waals surface area contributed by atoms with Crippen LogP contribution < -0.4 is 16.2 Å². The van der Waals surface area contributed by atoms with Crippen molar-refractivity contribution in [3.05, 3.63) is 17.2 Å². The smallest absolute Gasteiger partial charge is 0.388 e. The van der Waals surface area contributed by atoms with Crippen LogP contribution in [0.4, 0.5) is 19.0 Å². The fourth-order valence-electron chi connectivity index (χ4n) is 1.13. The Morgan fingerprint density at radius 3 is 2.47 bits per heavy atom. The predicted molar refractivity (Wildman–Crippen MR) is 48.0 cm³/mol. The highest BCUT2D eigenvalue weighted by molar-refractivity contribution is 5.46. The van der Waals surface area contributed by atoms with Crippen LogP contribution in [0.5, 0.6) is 5.88 Å². The number of pyridine rings is 1. The summed E-state index contributed by atoms with van der Waals surface area (Å²) in [5, 5.41) is 0. The molecule has 0 atom stereocenters. The van der Waals surface area contributed by atoms with Gasteiger partial charge in [-0.15, -0.1) is 13.2 Å². The Morgan fingerprint density at radius 2 is 2.07 bits per heavy atom. The number of aryl methyl sites for hydroxylation is 1. The first-order valence-electron chi connectivity index (χ1n) is 4.05. The van der Waals surface area contributed by atoms with E-state index in [1.54, 1.807) is 6.92 Å². The minimum Gasteiger partial charge on any atom is -0.388 e. The van der Waals surface area contributed by atoms with Crippen molar-refractivity contribution < 1.29 is 17.9 Å². The van der Waals surface area contributed by atoms with Crippen molar-refractivity contribution in [1.82, 2.24) is 4.98 Å². The van der Waals surface area contributed by atoms with E-state index in [9.17, 15) is 13.2 Å². The molecule has 1 rings (SSSR count). The number of nitrogens with zero attached hydrogens (tertiary/aromatic N) is 1. The molecular formula is C8H10F3N3O. The minimum atomic E-state index is -4.77. The molecule has 1 heterocycles. The van der Waals surface area contributed by atoms with Crippen molar-refractivity contribution in [2.24, 2.45) is 5.73 Å². The van der Waals surface area contributed by atoms with Gasteiger partial charge in [-0.3, -0.25) is 0 Å². The van der Waals surface area contributed by atoms with Gasteiger partial charge < -0.3 is 16.2 Å². The van der Waals surface area contributed by atoms with Crippen molar-refractivity contribution in [3.63, 3.8) is 0 Å². The average molecular weight is 221 g/mol. The van der Waals surface area contributed by atoms with Gasteiger partial charge in [0, 0.05) is 18.2 Å². The molecule has 0 bridgehead atoms. The van der Waals surface area contributed by atoms with Crippen molar-refractivity contribution in [1.29, 1.82) is 0 Å². The van der Waals surface area contributed by atoms with Crippen LogP contribution in [0.1, 0.15) is 11.1 Å². The van der Waals surface area contributed by atoms with Crippen LogP contribution >= 0.6 is 0 Å². The Morgan fingerprint density at radius 1 is 1.47 bits per heavy atom. The van der Waals surface area contributed by atoms with Gasteiger partial charge in [0.15, 0.2) is 0 Å². The SMILES string of the molecule is Cc1cc(OC(F)(F)F)nc(N)c1CN. The van der Waals surface area contributed by atoms with Crippen molar-refractivity contribution in [2.75, 3.05) is 5.73 Å². The van der Waals surface area contributed by atoms with E-state index in [-0.39, 0.29) is 12.4 Å². The van der Waals surface area contributed by atoms with Gasteiger partial charge >= 0.3 is 6.36 Å². The monoisotopic (exact) mass is 221 g/mol. The van der Waals surface area contributed by atoms with Gasteiger partial charge in [-0.2, -0.15) is 4.98 Å². The van der Waals surface area contributed by atoms with Crippen LogP contribution in [-0.2, 0) is 6.54 Å². The first-order valence-corrected chi connectivity index (χ1v) is 4.05. The number of nitrogen functional groups attached to an aromatic ring is 1. The summed E-state index contributed by atoms with van der Waals surface area (Å²) in [6, 6.07) is 1.14. The molecule has 0 fully saturated rings. The van der Waals surface area contributed by atoms with Gasteiger partial charge in [-0.05, 0) is 12.5 Å². The molecule has 7 heteroatoms. The lowest BCUT2D eigenvalue weighted by atomic mass is 10.1. The summed E-state index contributed by atoms with van der Waals surface area (Å²) in [5.41, 5.74) is 11.8. The second-order valence-electron chi connectivity index (χ2n) is 2.89. The molecule has 0 aliphatic heterocycles. The molecule has 0 radical (unpaired) electrons. The number of rotatable bonds is 2. The van der Waals surface area contributed by atoms with E-state index in [2.05, 4.69) is 9.72 Å². The first kappa shape index (κ1) is 11.6. The van der Waals surface area contributed by atoms with E-state index in [1.807, 2.05) is 0 Å². The molecule has 0 spiro atoms. The van der Waals surface area contributed by atoms with Crippen molar-refractivity contribution in [2.45, 2.75) is 19.8 Å². The van der Waals surface area contributed by atoms with E-state index < -0.39 is 12.2 Å². The number of hydrogen-bond acceptors (Lipinski definition) is 4. The molecule has 84 valence electrons. The molecule has 0 aromatic carbocycles. The van der Waals surface area contributed by atoms with E-state index in [0.29, 0.717) is 11.1 Å². The summed E-state index contributed by atoms with van der Waals surface area (Å²) >= 11 is 0. The topological polar surface area (TPSA) is 74.2 Å². The summed E-state index contributed by atoms with van der Waals surface area (Å²) in [6.07, 6.45) is -4.77. The third-order valence-corrected chi connectivity index (χ3v) is 1.78. The maximum absolute atomic E-state index is 11.9. The molecule has 15 heavy (non-hydrogen) atoms. The summed E-state index contributed by atoms with van der Waals surface area (Å²) < 4.78 is 39.2. The van der Waals surface area contributed by atoms with Gasteiger partial charge in [0.2, 0.25) is 5.88 Å². The Bertz CT molecular complexity index is 342. The third-order valence-electron chi connectivity index (χ3n) is 1.78. The van der Waals surface area contributed by atoms with E-state index in [0.717, 1.165) is 6.07 Å². The highest BCUT2D eigenvalue weighted by atomic mass is 19.4. The van der Waals surface area contributed by atoms with Crippen molar-refractivity contribution in [3.8, 4) is 5.88 Å². The summed E-state index contributed by atoms with van der Waals surface area (Å²) in [6.45, 7) is 1.71. The second kappa shape index (κ2) is 3.93. The van der Waals surface area contributed by atoms with E-state index in [1.165, 1.54) is 0 Å². The zero-order valence-electron chi connectivity index (χ0n) is 7.93. The van der Waals surface area contributed by atoms with Crippen LogP contribution in [0.25, 0.3) is 0 Å². The Kier molecular flexibility index (Phi) is 3.04. The van der Waals surface area contributed by atoms with Crippen LogP contribution in [-0.4, -0.2) is 11.3 Å². The molecule has 4 nitrogen and oxygen atoms in total. The predicted octanol–water partition coefficient (Wildman–Crippen LogP) is 1.33. The molecule has 0 saturated carbocycles. The second-order valence-corrected chi connectivity index (χ2v) is 2.89. The van der Waals surface area contributed by atoms with Gasteiger partial charge in [0.25, 0.3) is 0 Å². The van der Waals surface area contributed by atoms with E-state index >= 15 is 0 Å². The number of nitrogens with two attached hydrogens (primary N) is 2. The standard InChI is InChI=1S/C8H10F3N3O/c1-4-2-6(15-8(9,10)11)14-7(13)5(4)3-12/h2H,3,12H2,1H3,(H2,13,14). The largest absolute Gasteiger partial charge is 0.574 e. The number of anilines is 1. The summed E-state index contributed by atoms with van der Waals surface area (Å²) in [7, 11) is 0. The quantitative estimate of drug-likeness (QED) is 0.790. The number of ether oxygens (including phenoxy) is 1. The molecule has 4 N–H and O–H groups in total. The lowest BCUT2D eigenvalue weighted by Gasteiger charge is -2.11. The molecule has 0 unspecified atom stereocenters. The van der Waals surface area contributed by atoms with Gasteiger partial charge in [0.1, 0.15) is 5.82 Å². The molecule has 1 aromatic rings. The number of halogens is 3. The molecule has 0 amide bonds. The number of aromatic nitrogens is 1. The molecule has 0 saturated heterocycles. The van der Waals surface area contributed by atoms with Gasteiger partial charge in [-0.1, -0.05) is 0 Å². The fraction of sp³-hybridized carbons (Fsp3) is 0.375. The summed E-state index contributed by atoms with van der Waals surface area (Å²) in [4.78, 5) is 3.45. The average Bonchev–Trinajstić information content (AvgIpc) is 1.99. The van der Waals surface area contributed by atoms with Crippen LogP contribution in [0.15, 0.2) is 6.07 Å². The highest BCUT2D eigenvalue weighted by Gasteiger charge is 2.32. The van der Waals surface area contributed by atoms with Crippen LogP contribution in [0.2, 0.25) is 0 Å². The zero-order chi connectivity index (χ0) is 11.6. The maximum atomic E-state index is 11.9. The number of hydrogen-bond donors (Lipinski definition) is 2. The Balaban J connectivity index is 3.04. The summed E-state index contributed by atoms with van der Waals surface area (Å²) in [5.74, 6) is -0.619. The lowest BCUT2D eigenvalue weighted by Crippen LogP contribution is -2.19. The molecule has 0 aliphatic rings. The number of alkyl halides is 3. The van der Waals surface area contributed by atoms with E-state index in [4.69, 9.17) is 11.5 Å². The van der Waals surface area contributed by atoms with Crippen molar-refractivity contribution >= 4 is 5.82 Å². The maximum Gasteiger partial charge on any atom is 0.574 e. The normalized spacial score (nSPS) is 11.5. The molecule has 0 aliphatic carbocycles. The van der Waals surface area contributed by atoms with Crippen LogP contribution in [0, 0.1) is 6.92 Å². The highest BCUT2D eigenvalue weighted by Crippen LogP contribution is 2.25. The Hall–Kier alpha value is -1.50. The minimum absolute atomic E-state index is 0.0447. The van der Waals surface area contributed by atoms with Gasteiger partial charge in [-0.25, -0.2) is 0 Å². The fourth-order valence-corrected chi connectivity index (χ4v) is 1.13. The third kappa shape index (κ3) is 2.98. The Labute approximate surface area is 84.0 Å². The van der Waals surface area contributed by atoms with Gasteiger partial charge in [0.05, 0.1) is 0 Å². The van der Waals surface area contributed by atoms with Crippen LogP contribution in [0.3, 0.4) is 0 Å². The lowest BCUT2D eigenvalue weighted by molar-refractivity contribution is -0.276. The molecule has 1 aromatic heterocycles. The molecular weight excluding hydrogens is 211 g/mol. The first-order chi connectivity index (χ1) is 6.83. The zero-order valence-corrected chi connectivity index (χ0v) is 7.93.